The summed E-state index contributed by atoms with van der Waals surface area (Å²) in [6.45, 7) is -0.351. The maximum Gasteiger partial charge on any atom is 0.338 e. The number of hydrogen-bond donors (Lipinski definition) is 1. The van der Waals surface area contributed by atoms with Crippen LogP contribution < -0.4 is 5.32 Å². The number of ether oxygens (including phenoxy) is 1. The van der Waals surface area contributed by atoms with Crippen molar-refractivity contribution in [2.24, 2.45) is 0 Å². The van der Waals surface area contributed by atoms with Crippen molar-refractivity contribution in [1.82, 2.24) is 0 Å². The number of anilines is 1. The summed E-state index contributed by atoms with van der Waals surface area (Å²) in [6.07, 6.45) is 0. The van der Waals surface area contributed by atoms with Gasteiger partial charge in [-0.25, -0.2) is 4.79 Å². The lowest BCUT2D eigenvalue weighted by Crippen LogP contribution is -2.15. The minimum absolute atomic E-state index is 0.241. The molecule has 0 spiro atoms. The maximum atomic E-state index is 12.4. The summed E-state index contributed by atoms with van der Waals surface area (Å²) in [5, 5.41) is 2.74. The number of hydrogen-bond acceptors (Lipinski definition) is 4. The second-order valence-corrected chi connectivity index (χ2v) is 6.73. The van der Waals surface area contributed by atoms with E-state index in [1.807, 2.05) is 6.07 Å². The highest BCUT2D eigenvalue weighted by Crippen LogP contribution is 2.19. The first-order chi connectivity index (χ1) is 13.5. The molecular weight excluding hydrogens is 422 g/mol. The number of rotatable bonds is 6. The molecule has 0 saturated heterocycles. The summed E-state index contributed by atoms with van der Waals surface area (Å²) in [5.41, 5.74) is 1.64. The molecule has 0 bridgehead atoms. The number of amides is 1. The molecule has 1 N–H and O–H groups in total. The van der Waals surface area contributed by atoms with E-state index in [-0.39, 0.29) is 23.9 Å². The van der Waals surface area contributed by atoms with E-state index in [0.717, 1.165) is 0 Å². The Hall–Kier alpha value is -3.25. The molecule has 5 nitrogen and oxygen atoms in total. The van der Waals surface area contributed by atoms with Crippen molar-refractivity contribution in [3.63, 3.8) is 0 Å². The van der Waals surface area contributed by atoms with E-state index in [9.17, 15) is 14.4 Å². The standard InChI is InChI=1S/C22H16BrNO4/c23-19-12-5-4-11-18(19)21(26)24-17-10-6-9-16(13-17)22(27)28-14-20(25)15-7-2-1-3-8-15/h1-13H,14H2,(H,24,26). The van der Waals surface area contributed by atoms with E-state index in [1.165, 1.54) is 6.07 Å². The first-order valence-electron chi connectivity index (χ1n) is 8.46. The third-order valence-electron chi connectivity index (χ3n) is 3.90. The van der Waals surface area contributed by atoms with Crippen LogP contribution in [0.5, 0.6) is 0 Å². The van der Waals surface area contributed by atoms with Crippen molar-refractivity contribution in [1.29, 1.82) is 0 Å². The Balaban J connectivity index is 1.64. The second kappa shape index (κ2) is 9.10. The average molecular weight is 438 g/mol. The van der Waals surface area contributed by atoms with Crippen LogP contribution in [0.25, 0.3) is 0 Å². The van der Waals surface area contributed by atoms with Crippen molar-refractivity contribution in [2.75, 3.05) is 11.9 Å². The Kier molecular flexibility index (Phi) is 6.34. The number of benzene rings is 3. The molecular formula is C22H16BrNO4. The molecule has 3 aromatic rings. The van der Waals surface area contributed by atoms with Gasteiger partial charge in [-0.05, 0) is 46.3 Å². The van der Waals surface area contributed by atoms with Crippen molar-refractivity contribution < 1.29 is 19.1 Å². The molecule has 3 rings (SSSR count). The number of nitrogens with one attached hydrogen (secondary N) is 1. The zero-order valence-electron chi connectivity index (χ0n) is 14.7. The van der Waals surface area contributed by atoms with Gasteiger partial charge >= 0.3 is 5.97 Å². The van der Waals surface area contributed by atoms with Gasteiger partial charge in [-0.3, -0.25) is 9.59 Å². The molecule has 0 aliphatic rings. The third kappa shape index (κ3) is 4.92. The van der Waals surface area contributed by atoms with Crippen LogP contribution in [0, 0.1) is 0 Å². The summed E-state index contributed by atoms with van der Waals surface area (Å²) in [4.78, 5) is 36.7. The van der Waals surface area contributed by atoms with Gasteiger partial charge in [0.25, 0.3) is 5.91 Å². The van der Waals surface area contributed by atoms with Crippen LogP contribution in [0.1, 0.15) is 31.1 Å². The van der Waals surface area contributed by atoms with Gasteiger partial charge in [-0.15, -0.1) is 0 Å². The highest BCUT2D eigenvalue weighted by molar-refractivity contribution is 9.10. The predicted molar refractivity (Wildman–Crippen MR) is 110 cm³/mol. The topological polar surface area (TPSA) is 72.5 Å². The summed E-state index contributed by atoms with van der Waals surface area (Å²) in [7, 11) is 0. The van der Waals surface area contributed by atoms with Gasteiger partial charge in [0, 0.05) is 15.7 Å². The van der Waals surface area contributed by atoms with Crippen molar-refractivity contribution in [3.05, 3.63) is 100 Å². The molecule has 6 heteroatoms. The monoisotopic (exact) mass is 437 g/mol. The SMILES string of the molecule is O=C(COC(=O)c1cccc(NC(=O)c2ccccc2Br)c1)c1ccccc1. The summed E-state index contributed by atoms with van der Waals surface area (Å²) in [6, 6.07) is 22.0. The Morgan fingerprint density at radius 2 is 1.50 bits per heavy atom. The number of ketones is 1. The Morgan fingerprint density at radius 1 is 0.821 bits per heavy atom. The van der Waals surface area contributed by atoms with E-state index in [1.54, 1.807) is 66.7 Å². The number of carbonyl (C=O) groups is 3. The van der Waals surface area contributed by atoms with Crippen LogP contribution in [0.4, 0.5) is 5.69 Å². The lowest BCUT2D eigenvalue weighted by molar-refractivity contribution is 0.0474. The smallest absolute Gasteiger partial charge is 0.338 e. The molecule has 0 aliphatic carbocycles. The van der Waals surface area contributed by atoms with E-state index in [4.69, 9.17) is 4.74 Å². The Labute approximate surface area is 170 Å². The van der Waals surface area contributed by atoms with Crippen LogP contribution in [-0.4, -0.2) is 24.3 Å². The molecule has 28 heavy (non-hydrogen) atoms. The fraction of sp³-hybridized carbons (Fsp3) is 0.0455. The van der Waals surface area contributed by atoms with Gasteiger partial charge in [-0.1, -0.05) is 48.5 Å². The minimum Gasteiger partial charge on any atom is -0.454 e. The number of halogens is 1. The van der Waals surface area contributed by atoms with Crippen LogP contribution in [0.3, 0.4) is 0 Å². The van der Waals surface area contributed by atoms with Gasteiger partial charge < -0.3 is 10.1 Å². The molecule has 0 fully saturated rings. The lowest BCUT2D eigenvalue weighted by atomic mass is 10.1. The lowest BCUT2D eigenvalue weighted by Gasteiger charge is -2.09. The molecule has 140 valence electrons. The first kappa shape index (κ1) is 19.5. The van der Waals surface area contributed by atoms with Crippen LogP contribution in [-0.2, 0) is 4.74 Å². The molecule has 0 aromatic heterocycles. The molecule has 1 amide bonds. The highest BCUT2D eigenvalue weighted by Gasteiger charge is 2.14. The number of carbonyl (C=O) groups excluding carboxylic acids is 3. The van der Waals surface area contributed by atoms with E-state index >= 15 is 0 Å². The highest BCUT2D eigenvalue weighted by atomic mass is 79.9. The second-order valence-electron chi connectivity index (χ2n) is 5.88. The van der Waals surface area contributed by atoms with Gasteiger partial charge in [0.05, 0.1) is 11.1 Å². The van der Waals surface area contributed by atoms with E-state index < -0.39 is 5.97 Å². The average Bonchev–Trinajstić information content (AvgIpc) is 2.72. The van der Waals surface area contributed by atoms with Crippen molar-refractivity contribution >= 4 is 39.3 Å². The van der Waals surface area contributed by atoms with Gasteiger partial charge in [-0.2, -0.15) is 0 Å². The van der Waals surface area contributed by atoms with Crippen LogP contribution >= 0.6 is 15.9 Å². The zero-order valence-corrected chi connectivity index (χ0v) is 16.3. The molecule has 3 aromatic carbocycles. The minimum atomic E-state index is -0.638. The summed E-state index contributed by atoms with van der Waals surface area (Å²) >= 11 is 3.33. The van der Waals surface area contributed by atoms with E-state index in [2.05, 4.69) is 21.2 Å². The number of esters is 1. The summed E-state index contributed by atoms with van der Waals surface area (Å²) < 4.78 is 5.77. The molecule has 0 aliphatic heterocycles. The van der Waals surface area contributed by atoms with Crippen LogP contribution in [0.15, 0.2) is 83.3 Å². The third-order valence-corrected chi connectivity index (χ3v) is 4.60. The summed E-state index contributed by atoms with van der Waals surface area (Å²) in [5.74, 6) is -1.23. The number of Topliss-reactive ketones (excluding diaryl/α,β-unsaturated/α-hetero) is 1. The maximum absolute atomic E-state index is 12.4. The predicted octanol–water partition coefficient (Wildman–Crippen LogP) is 4.74. The largest absolute Gasteiger partial charge is 0.454 e. The Morgan fingerprint density at radius 3 is 2.25 bits per heavy atom. The van der Waals surface area contributed by atoms with E-state index in [0.29, 0.717) is 21.3 Å². The molecule has 0 saturated carbocycles. The molecule has 0 heterocycles. The van der Waals surface area contributed by atoms with Gasteiger partial charge in [0.2, 0.25) is 0 Å². The molecule has 0 atom stereocenters. The molecule has 0 radical (unpaired) electrons. The zero-order chi connectivity index (χ0) is 19.9. The van der Waals surface area contributed by atoms with Crippen molar-refractivity contribution in [2.45, 2.75) is 0 Å². The quantitative estimate of drug-likeness (QED) is 0.446. The normalized spacial score (nSPS) is 10.2. The fourth-order valence-electron chi connectivity index (χ4n) is 2.49. The first-order valence-corrected chi connectivity index (χ1v) is 9.25. The van der Waals surface area contributed by atoms with Gasteiger partial charge in [0.15, 0.2) is 12.4 Å². The fourth-order valence-corrected chi connectivity index (χ4v) is 2.95. The van der Waals surface area contributed by atoms with Gasteiger partial charge in [0.1, 0.15) is 0 Å². The van der Waals surface area contributed by atoms with Crippen molar-refractivity contribution in [3.8, 4) is 0 Å². The van der Waals surface area contributed by atoms with Crippen LogP contribution in [0.2, 0.25) is 0 Å². The molecule has 0 unspecified atom stereocenters. The Bertz CT molecular complexity index is 1020.